The van der Waals surface area contributed by atoms with Gasteiger partial charge in [-0.2, -0.15) is 0 Å². The molecule has 0 spiro atoms. The number of amides is 1. The fraction of sp³-hybridized carbons (Fsp3) is 0.167. The van der Waals surface area contributed by atoms with Gasteiger partial charge < -0.3 is 25.2 Å². The number of carbonyl (C=O) groups is 2. The summed E-state index contributed by atoms with van der Waals surface area (Å²) in [6.07, 6.45) is 0. The number of rotatable bonds is 9. The predicted octanol–water partition coefficient (Wildman–Crippen LogP) is 4.98. The Hall–Kier alpha value is -3.71. The van der Waals surface area contributed by atoms with E-state index in [1.807, 2.05) is 37.3 Å². The van der Waals surface area contributed by atoms with Crippen molar-refractivity contribution < 1.29 is 24.2 Å². The van der Waals surface area contributed by atoms with Crippen LogP contribution in [0.5, 0.6) is 11.5 Å². The third-order valence-electron chi connectivity index (χ3n) is 4.62. The second-order valence-corrected chi connectivity index (χ2v) is 7.45. The Morgan fingerprint density at radius 2 is 1.69 bits per heavy atom. The molecule has 3 aromatic carbocycles. The van der Waals surface area contributed by atoms with E-state index < -0.39 is 5.97 Å². The van der Waals surface area contributed by atoms with Crippen molar-refractivity contribution in [2.24, 2.45) is 0 Å². The molecule has 1 amide bonds. The number of methoxy groups -OCH3 is 1. The van der Waals surface area contributed by atoms with Crippen molar-refractivity contribution in [2.75, 3.05) is 24.4 Å². The number of ether oxygens (including phenoxy) is 2. The van der Waals surface area contributed by atoms with Crippen LogP contribution in [0.3, 0.4) is 0 Å². The van der Waals surface area contributed by atoms with Gasteiger partial charge in [0.1, 0.15) is 0 Å². The molecule has 8 heteroatoms. The first-order valence-corrected chi connectivity index (χ1v) is 10.2. The zero-order chi connectivity index (χ0) is 23.1. The number of hydrogen-bond acceptors (Lipinski definition) is 5. The summed E-state index contributed by atoms with van der Waals surface area (Å²) in [7, 11) is 1.52. The Morgan fingerprint density at radius 1 is 0.969 bits per heavy atom. The quantitative estimate of drug-likeness (QED) is 0.421. The molecule has 0 aromatic heterocycles. The van der Waals surface area contributed by atoms with Crippen LogP contribution in [-0.4, -0.2) is 30.7 Å². The van der Waals surface area contributed by atoms with Crippen LogP contribution in [0.25, 0.3) is 0 Å². The highest BCUT2D eigenvalue weighted by atomic mass is 35.5. The zero-order valence-corrected chi connectivity index (χ0v) is 18.4. The number of aromatic carboxylic acids is 1. The monoisotopic (exact) mass is 454 g/mol. The summed E-state index contributed by atoms with van der Waals surface area (Å²) >= 11 is 6.00. The van der Waals surface area contributed by atoms with E-state index in [2.05, 4.69) is 10.6 Å². The van der Waals surface area contributed by atoms with E-state index in [1.54, 1.807) is 24.3 Å². The first-order chi connectivity index (χ1) is 15.4. The molecular formula is C24H23ClN2O5. The third-order valence-corrected chi connectivity index (χ3v) is 4.93. The van der Waals surface area contributed by atoms with Gasteiger partial charge >= 0.3 is 5.97 Å². The van der Waals surface area contributed by atoms with Gasteiger partial charge in [0.05, 0.1) is 17.7 Å². The number of carboxylic acid groups (broad SMARTS) is 1. The molecule has 0 radical (unpaired) electrons. The second kappa shape index (κ2) is 10.5. The average molecular weight is 455 g/mol. The first kappa shape index (κ1) is 23.0. The highest BCUT2D eigenvalue weighted by Gasteiger charge is 2.11. The summed E-state index contributed by atoms with van der Waals surface area (Å²) in [5.41, 5.74) is 3.45. The van der Waals surface area contributed by atoms with E-state index in [-0.39, 0.29) is 23.1 Å². The standard InChI is InChI=1S/C24H23ClN2O5/c1-15-3-6-17(7-4-15)27-23(28)14-32-21-10-5-16(11-22(21)31-2)13-26-18-8-9-19(24(29)30)20(25)12-18/h3-12,26H,13-14H2,1-2H3,(H,27,28)(H,29,30). The maximum absolute atomic E-state index is 12.2. The Bertz CT molecular complexity index is 1120. The van der Waals surface area contributed by atoms with E-state index in [9.17, 15) is 9.59 Å². The number of halogens is 1. The lowest BCUT2D eigenvalue weighted by Crippen LogP contribution is -2.20. The van der Waals surface area contributed by atoms with Gasteiger partial charge in [0, 0.05) is 17.9 Å². The molecule has 0 heterocycles. The summed E-state index contributed by atoms with van der Waals surface area (Å²) in [6, 6.07) is 17.5. The Balaban J connectivity index is 1.58. The number of benzene rings is 3. The van der Waals surface area contributed by atoms with Crippen molar-refractivity contribution in [1.82, 2.24) is 0 Å². The second-order valence-electron chi connectivity index (χ2n) is 7.04. The lowest BCUT2D eigenvalue weighted by atomic mass is 10.1. The summed E-state index contributed by atoms with van der Waals surface area (Å²) in [5.74, 6) is -0.409. The number of carbonyl (C=O) groups excluding carboxylic acids is 1. The van der Waals surface area contributed by atoms with Gasteiger partial charge in [-0.05, 0) is 55.0 Å². The maximum atomic E-state index is 12.2. The predicted molar refractivity (Wildman–Crippen MR) is 124 cm³/mol. The Labute approximate surface area is 190 Å². The van der Waals surface area contributed by atoms with Crippen molar-refractivity contribution in [1.29, 1.82) is 0 Å². The number of nitrogens with one attached hydrogen (secondary N) is 2. The van der Waals surface area contributed by atoms with Gasteiger partial charge in [0.25, 0.3) is 5.91 Å². The minimum Gasteiger partial charge on any atom is -0.493 e. The van der Waals surface area contributed by atoms with Crippen molar-refractivity contribution in [2.45, 2.75) is 13.5 Å². The highest BCUT2D eigenvalue weighted by molar-refractivity contribution is 6.33. The molecule has 32 heavy (non-hydrogen) atoms. The molecule has 166 valence electrons. The fourth-order valence-corrected chi connectivity index (χ4v) is 3.18. The van der Waals surface area contributed by atoms with Crippen molar-refractivity contribution in [3.8, 4) is 11.5 Å². The molecule has 0 unspecified atom stereocenters. The van der Waals surface area contributed by atoms with Crippen LogP contribution in [0, 0.1) is 6.92 Å². The Morgan fingerprint density at radius 3 is 2.34 bits per heavy atom. The number of carboxylic acids is 1. The minimum atomic E-state index is -1.07. The van der Waals surface area contributed by atoms with E-state index in [0.717, 1.165) is 11.1 Å². The fourth-order valence-electron chi connectivity index (χ4n) is 2.92. The molecule has 0 saturated carbocycles. The van der Waals surface area contributed by atoms with Crippen molar-refractivity contribution >= 4 is 34.9 Å². The minimum absolute atomic E-state index is 0.0480. The van der Waals surface area contributed by atoms with Crippen LogP contribution in [0.15, 0.2) is 60.7 Å². The van der Waals surface area contributed by atoms with Crippen molar-refractivity contribution in [3.05, 3.63) is 82.4 Å². The Kier molecular flexibility index (Phi) is 7.57. The van der Waals surface area contributed by atoms with Gasteiger partial charge in [0.2, 0.25) is 0 Å². The lowest BCUT2D eigenvalue weighted by Gasteiger charge is -2.13. The van der Waals surface area contributed by atoms with E-state index in [0.29, 0.717) is 29.4 Å². The molecule has 0 saturated heterocycles. The molecule has 0 bridgehead atoms. The van der Waals surface area contributed by atoms with Gasteiger partial charge in [-0.1, -0.05) is 35.4 Å². The molecule has 3 rings (SSSR count). The smallest absolute Gasteiger partial charge is 0.337 e. The normalized spacial score (nSPS) is 10.3. The summed E-state index contributed by atoms with van der Waals surface area (Å²) < 4.78 is 11.0. The molecule has 0 aliphatic heterocycles. The van der Waals surface area contributed by atoms with Gasteiger partial charge in [-0.3, -0.25) is 4.79 Å². The summed E-state index contributed by atoms with van der Waals surface area (Å²) in [4.78, 5) is 23.2. The lowest BCUT2D eigenvalue weighted by molar-refractivity contribution is -0.118. The molecule has 3 N–H and O–H groups in total. The van der Waals surface area contributed by atoms with Crippen LogP contribution >= 0.6 is 11.6 Å². The maximum Gasteiger partial charge on any atom is 0.337 e. The zero-order valence-electron chi connectivity index (χ0n) is 17.6. The van der Waals surface area contributed by atoms with Gasteiger partial charge in [-0.25, -0.2) is 4.79 Å². The molecule has 7 nitrogen and oxygen atoms in total. The first-order valence-electron chi connectivity index (χ1n) is 9.78. The number of hydrogen-bond donors (Lipinski definition) is 3. The van der Waals surface area contributed by atoms with Crippen LogP contribution < -0.4 is 20.1 Å². The van der Waals surface area contributed by atoms with Gasteiger partial charge in [-0.15, -0.1) is 0 Å². The molecule has 0 aliphatic rings. The SMILES string of the molecule is COc1cc(CNc2ccc(C(=O)O)c(Cl)c2)ccc1OCC(=O)Nc1ccc(C)cc1. The van der Waals surface area contributed by atoms with Gasteiger partial charge in [0.15, 0.2) is 18.1 Å². The number of aryl methyl sites for hydroxylation is 1. The van der Waals surface area contributed by atoms with Crippen LogP contribution in [0.4, 0.5) is 11.4 Å². The molecular weight excluding hydrogens is 432 g/mol. The van der Waals surface area contributed by atoms with Crippen LogP contribution in [-0.2, 0) is 11.3 Å². The molecule has 0 fully saturated rings. The average Bonchev–Trinajstić information content (AvgIpc) is 2.77. The largest absolute Gasteiger partial charge is 0.493 e. The summed E-state index contributed by atoms with van der Waals surface area (Å²) in [5, 5.41) is 15.2. The van der Waals surface area contributed by atoms with Crippen molar-refractivity contribution in [3.63, 3.8) is 0 Å². The third kappa shape index (κ3) is 6.15. The molecule has 0 aliphatic carbocycles. The van der Waals surface area contributed by atoms with Crippen LogP contribution in [0.1, 0.15) is 21.5 Å². The topological polar surface area (TPSA) is 96.9 Å². The molecule has 0 atom stereocenters. The van der Waals surface area contributed by atoms with E-state index in [1.165, 1.54) is 13.2 Å². The van der Waals surface area contributed by atoms with E-state index >= 15 is 0 Å². The van der Waals surface area contributed by atoms with E-state index in [4.69, 9.17) is 26.2 Å². The molecule has 3 aromatic rings. The number of anilines is 2. The summed E-state index contributed by atoms with van der Waals surface area (Å²) in [6.45, 7) is 2.27. The van der Waals surface area contributed by atoms with Crippen LogP contribution in [0.2, 0.25) is 5.02 Å². The highest BCUT2D eigenvalue weighted by Crippen LogP contribution is 2.29.